The average molecular weight is 471 g/mol. The van der Waals surface area contributed by atoms with Crippen LogP contribution in [0.25, 0.3) is 10.9 Å². The van der Waals surface area contributed by atoms with Gasteiger partial charge in [-0.05, 0) is 42.7 Å². The van der Waals surface area contributed by atoms with Crippen LogP contribution in [0.3, 0.4) is 0 Å². The van der Waals surface area contributed by atoms with Crippen molar-refractivity contribution in [2.24, 2.45) is 11.3 Å². The van der Waals surface area contributed by atoms with Crippen molar-refractivity contribution in [3.63, 3.8) is 0 Å². The summed E-state index contributed by atoms with van der Waals surface area (Å²) in [5, 5.41) is 3.69. The van der Waals surface area contributed by atoms with Crippen LogP contribution in [-0.4, -0.2) is 24.9 Å². The molecule has 2 atom stereocenters. The molecule has 4 rings (SSSR count). The lowest BCUT2D eigenvalue weighted by molar-refractivity contribution is -0.122. The van der Waals surface area contributed by atoms with E-state index >= 15 is 0 Å². The number of nitrogens with one attached hydrogen (secondary N) is 1. The maximum atomic E-state index is 14.1. The zero-order valence-corrected chi connectivity index (χ0v) is 20.2. The third kappa shape index (κ3) is 5.29. The van der Waals surface area contributed by atoms with Crippen LogP contribution in [0.4, 0.5) is 4.39 Å². The Kier molecular flexibility index (Phi) is 6.36. The summed E-state index contributed by atoms with van der Waals surface area (Å²) in [5.41, 5.74) is 0.974. The molecule has 1 N–H and O–H groups in total. The van der Waals surface area contributed by atoms with E-state index in [4.69, 9.17) is 0 Å². The fraction of sp³-hybridized carbons (Fsp3) is 0.423. The maximum absolute atomic E-state index is 14.1. The molecule has 176 valence electrons. The number of para-hydroxylation sites is 1. The number of hydrogen-bond acceptors (Lipinski definition) is 3. The molecule has 1 aromatic heterocycles. The van der Waals surface area contributed by atoms with Gasteiger partial charge in [0.1, 0.15) is 12.4 Å². The summed E-state index contributed by atoms with van der Waals surface area (Å²) in [5.74, 6) is -0.575. The molecule has 1 fully saturated rings. The summed E-state index contributed by atoms with van der Waals surface area (Å²) in [7, 11) is -3.82. The van der Waals surface area contributed by atoms with E-state index in [2.05, 4.69) is 26.1 Å². The average Bonchev–Trinajstić information content (AvgIpc) is 3.07. The molecule has 1 aliphatic rings. The zero-order chi connectivity index (χ0) is 23.8. The Morgan fingerprint density at radius 2 is 1.82 bits per heavy atom. The summed E-state index contributed by atoms with van der Waals surface area (Å²) < 4.78 is 42.2. The number of carbonyl (C=O) groups excluding carboxylic acids is 1. The monoisotopic (exact) mass is 470 g/mol. The van der Waals surface area contributed by atoms with Crippen LogP contribution in [0, 0.1) is 17.2 Å². The Morgan fingerprint density at radius 1 is 1.12 bits per heavy atom. The highest BCUT2D eigenvalue weighted by molar-refractivity contribution is 7.90. The lowest BCUT2D eigenvalue weighted by Gasteiger charge is -2.39. The quantitative estimate of drug-likeness (QED) is 0.546. The lowest BCUT2D eigenvalue weighted by Crippen LogP contribution is -2.44. The smallest absolute Gasteiger partial charge is 0.240 e. The topological polar surface area (TPSA) is 68.2 Å². The van der Waals surface area contributed by atoms with Crippen molar-refractivity contribution in [2.75, 3.05) is 0 Å². The van der Waals surface area contributed by atoms with Gasteiger partial charge in [0.05, 0.1) is 10.6 Å². The number of fused-ring (bicyclic) bond motifs is 1. The summed E-state index contributed by atoms with van der Waals surface area (Å²) in [6.45, 7) is 6.70. The molecular formula is C26H31FN2O3S. The van der Waals surface area contributed by atoms with Gasteiger partial charge in [0.25, 0.3) is 0 Å². The number of carbonyl (C=O) groups is 1. The van der Waals surface area contributed by atoms with Gasteiger partial charge in [-0.3, -0.25) is 4.79 Å². The largest absolute Gasteiger partial charge is 0.352 e. The van der Waals surface area contributed by atoms with E-state index in [0.29, 0.717) is 16.8 Å². The van der Waals surface area contributed by atoms with Gasteiger partial charge in [0.2, 0.25) is 5.91 Å². The third-order valence-electron chi connectivity index (χ3n) is 6.46. The van der Waals surface area contributed by atoms with Gasteiger partial charge < -0.3 is 9.88 Å². The zero-order valence-electron chi connectivity index (χ0n) is 19.3. The van der Waals surface area contributed by atoms with Crippen LogP contribution in [0.2, 0.25) is 0 Å². The number of hydrogen-bond donors (Lipinski definition) is 1. The van der Waals surface area contributed by atoms with Crippen LogP contribution in [0.5, 0.6) is 0 Å². The molecule has 0 spiro atoms. The van der Waals surface area contributed by atoms with Crippen molar-refractivity contribution < 1.29 is 17.6 Å². The second kappa shape index (κ2) is 8.93. The Morgan fingerprint density at radius 3 is 2.55 bits per heavy atom. The second-order valence-corrected chi connectivity index (χ2v) is 12.1. The Labute approximate surface area is 194 Å². The van der Waals surface area contributed by atoms with Crippen molar-refractivity contribution in [1.29, 1.82) is 0 Å². The van der Waals surface area contributed by atoms with E-state index in [-0.39, 0.29) is 34.4 Å². The first-order valence-electron chi connectivity index (χ1n) is 11.4. The molecule has 7 heteroatoms. The Hall–Kier alpha value is -2.67. The van der Waals surface area contributed by atoms with E-state index in [1.165, 1.54) is 24.4 Å². The number of amides is 1. The van der Waals surface area contributed by atoms with Gasteiger partial charge in [-0.1, -0.05) is 57.2 Å². The molecule has 0 saturated heterocycles. The summed E-state index contributed by atoms with van der Waals surface area (Å²) in [4.78, 5) is 13.0. The van der Waals surface area contributed by atoms with Crippen molar-refractivity contribution in [3.05, 3.63) is 66.1 Å². The van der Waals surface area contributed by atoms with Crippen LogP contribution >= 0.6 is 0 Å². The molecule has 2 aromatic carbocycles. The molecule has 1 saturated carbocycles. The van der Waals surface area contributed by atoms with Gasteiger partial charge in [-0.25, -0.2) is 12.8 Å². The van der Waals surface area contributed by atoms with Crippen molar-refractivity contribution in [3.8, 4) is 0 Å². The van der Waals surface area contributed by atoms with E-state index in [0.717, 1.165) is 19.3 Å². The van der Waals surface area contributed by atoms with E-state index in [1.807, 2.05) is 6.07 Å². The molecule has 5 nitrogen and oxygen atoms in total. The lowest BCUT2D eigenvalue weighted by atomic mass is 9.70. The van der Waals surface area contributed by atoms with E-state index in [1.54, 1.807) is 28.8 Å². The van der Waals surface area contributed by atoms with Gasteiger partial charge in [0.15, 0.2) is 9.84 Å². The Balaban J connectivity index is 1.58. The number of nitrogens with zero attached hydrogens (tertiary/aromatic N) is 1. The molecule has 0 aliphatic heterocycles. The summed E-state index contributed by atoms with van der Waals surface area (Å²) in [6.07, 6.45) is 4.53. The molecular weight excluding hydrogens is 439 g/mol. The highest BCUT2D eigenvalue weighted by Crippen LogP contribution is 2.38. The molecule has 2 unspecified atom stereocenters. The standard InChI is InChI=1S/C26H31FN2O3S/c1-18-12-20(14-26(2,3)13-18)28-25(30)16-29-15-24(21-9-5-7-11-23(21)29)33(31,32)17-19-8-4-6-10-22(19)27/h4-11,15,18,20H,12-14,16-17H2,1-3H3,(H,28,30). The van der Waals surface area contributed by atoms with Crippen LogP contribution < -0.4 is 5.32 Å². The molecule has 1 aliphatic carbocycles. The minimum absolute atomic E-state index is 0.0288. The fourth-order valence-corrected chi connectivity index (χ4v) is 6.97. The van der Waals surface area contributed by atoms with Crippen LogP contribution in [0.1, 0.15) is 45.6 Å². The SMILES string of the molecule is CC1CC(NC(=O)Cn2cc(S(=O)(=O)Cc3ccccc3F)c3ccccc32)CC(C)(C)C1. The van der Waals surface area contributed by atoms with Gasteiger partial charge >= 0.3 is 0 Å². The van der Waals surface area contributed by atoms with Crippen molar-refractivity contribution in [1.82, 2.24) is 9.88 Å². The minimum atomic E-state index is -3.82. The minimum Gasteiger partial charge on any atom is -0.352 e. The number of sulfone groups is 1. The maximum Gasteiger partial charge on any atom is 0.240 e. The fourth-order valence-electron chi connectivity index (χ4n) is 5.37. The molecule has 1 amide bonds. The third-order valence-corrected chi connectivity index (χ3v) is 8.14. The first-order valence-corrected chi connectivity index (χ1v) is 13.0. The first kappa shape index (κ1) is 23.5. The summed E-state index contributed by atoms with van der Waals surface area (Å²) in [6, 6.07) is 13.1. The number of aromatic nitrogens is 1. The van der Waals surface area contributed by atoms with Gasteiger partial charge in [-0.15, -0.1) is 0 Å². The van der Waals surface area contributed by atoms with Gasteiger partial charge in [0, 0.05) is 28.7 Å². The molecule has 1 heterocycles. The number of rotatable bonds is 6. The van der Waals surface area contributed by atoms with Gasteiger partial charge in [-0.2, -0.15) is 0 Å². The predicted molar refractivity (Wildman–Crippen MR) is 128 cm³/mol. The van der Waals surface area contributed by atoms with Crippen LogP contribution in [-0.2, 0) is 26.9 Å². The Bertz CT molecular complexity index is 1280. The normalized spacial score (nSPS) is 20.6. The molecule has 0 bridgehead atoms. The molecule has 33 heavy (non-hydrogen) atoms. The highest BCUT2D eigenvalue weighted by atomic mass is 32.2. The van der Waals surface area contributed by atoms with Crippen molar-refractivity contribution >= 4 is 26.6 Å². The predicted octanol–water partition coefficient (Wildman–Crippen LogP) is 5.09. The highest BCUT2D eigenvalue weighted by Gasteiger charge is 2.33. The first-order chi connectivity index (χ1) is 15.5. The number of halogens is 1. The molecule has 3 aromatic rings. The summed E-state index contributed by atoms with van der Waals surface area (Å²) >= 11 is 0. The second-order valence-electron chi connectivity index (χ2n) is 10.2. The van der Waals surface area contributed by atoms with Crippen LogP contribution in [0.15, 0.2) is 59.6 Å². The molecule has 0 radical (unpaired) electrons. The van der Waals surface area contributed by atoms with Crippen molar-refractivity contribution in [2.45, 2.75) is 63.3 Å². The van der Waals surface area contributed by atoms with E-state index in [9.17, 15) is 17.6 Å². The van der Waals surface area contributed by atoms with E-state index < -0.39 is 21.4 Å². The number of benzene rings is 2.